The first-order valence-electron chi connectivity index (χ1n) is 8.83. The number of fused-ring (bicyclic) bond motifs is 1. The summed E-state index contributed by atoms with van der Waals surface area (Å²) in [7, 11) is 2.40. The summed E-state index contributed by atoms with van der Waals surface area (Å²) in [4.78, 5) is 8.78. The number of rotatable bonds is 7. The number of anilines is 2. The van der Waals surface area contributed by atoms with E-state index in [4.69, 9.17) is 4.74 Å². The van der Waals surface area contributed by atoms with E-state index in [2.05, 4.69) is 20.6 Å². The van der Waals surface area contributed by atoms with Crippen molar-refractivity contribution in [1.82, 2.24) is 15.3 Å². The van der Waals surface area contributed by atoms with Gasteiger partial charge in [0.2, 0.25) is 0 Å². The van der Waals surface area contributed by atoms with Crippen LogP contribution in [0, 0.1) is 6.92 Å². The summed E-state index contributed by atoms with van der Waals surface area (Å²) in [5.41, 5.74) is 0.769. The van der Waals surface area contributed by atoms with Crippen molar-refractivity contribution in [3.05, 3.63) is 46.6 Å². The lowest BCUT2D eigenvalue weighted by Gasteiger charge is -2.22. The van der Waals surface area contributed by atoms with Crippen LogP contribution in [0.15, 0.2) is 30.5 Å². The molecular formula is C19H19F5N4OS. The monoisotopic (exact) mass is 446 g/mol. The van der Waals surface area contributed by atoms with Gasteiger partial charge in [0.25, 0.3) is 6.43 Å². The molecule has 30 heavy (non-hydrogen) atoms. The van der Waals surface area contributed by atoms with Gasteiger partial charge in [-0.25, -0.2) is 18.7 Å². The zero-order chi connectivity index (χ0) is 22.1. The van der Waals surface area contributed by atoms with Crippen molar-refractivity contribution < 1.29 is 26.7 Å². The summed E-state index contributed by atoms with van der Waals surface area (Å²) in [5.74, 6) is 0. The number of aryl methyl sites for hydroxylation is 1. The minimum Gasteiger partial charge on any atom is -0.367 e. The molecule has 0 bridgehead atoms. The summed E-state index contributed by atoms with van der Waals surface area (Å²) < 4.78 is 71.8. The van der Waals surface area contributed by atoms with E-state index >= 15 is 0 Å². The van der Waals surface area contributed by atoms with Crippen LogP contribution in [0.25, 0.3) is 10.3 Å². The van der Waals surface area contributed by atoms with Crippen molar-refractivity contribution in [2.24, 2.45) is 0 Å². The summed E-state index contributed by atoms with van der Waals surface area (Å²) in [6.45, 7) is 1.68. The lowest BCUT2D eigenvalue weighted by atomic mass is 10.1. The highest BCUT2D eigenvalue weighted by Gasteiger charge is 2.44. The van der Waals surface area contributed by atoms with Crippen LogP contribution in [0.4, 0.5) is 33.3 Å². The number of hydrogen-bond acceptors (Lipinski definition) is 6. The zero-order valence-corrected chi connectivity index (χ0v) is 17.0. The van der Waals surface area contributed by atoms with Gasteiger partial charge in [0.15, 0.2) is 6.10 Å². The normalized spacial score (nSPS) is 14.3. The van der Waals surface area contributed by atoms with Crippen LogP contribution in [-0.2, 0) is 4.74 Å². The highest BCUT2D eigenvalue weighted by molar-refractivity contribution is 7.18. The third-order valence-electron chi connectivity index (χ3n) is 4.48. The summed E-state index contributed by atoms with van der Waals surface area (Å²) >= 11 is 1.18. The van der Waals surface area contributed by atoms with Crippen LogP contribution in [0.5, 0.6) is 0 Å². The van der Waals surface area contributed by atoms with E-state index in [1.54, 1.807) is 6.92 Å². The van der Waals surface area contributed by atoms with Gasteiger partial charge in [-0.2, -0.15) is 13.2 Å². The largest absolute Gasteiger partial charge is 0.419 e. The predicted molar refractivity (Wildman–Crippen MR) is 105 cm³/mol. The van der Waals surface area contributed by atoms with E-state index in [0.717, 1.165) is 7.11 Å². The number of aromatic nitrogens is 2. The smallest absolute Gasteiger partial charge is 0.367 e. The Bertz CT molecular complexity index is 1010. The molecule has 5 nitrogen and oxygen atoms in total. The number of pyridine rings is 1. The number of thiazole rings is 1. The third kappa shape index (κ3) is 4.52. The lowest BCUT2D eigenvalue weighted by Crippen LogP contribution is -2.24. The number of benzene rings is 1. The molecule has 0 saturated heterocycles. The maximum Gasteiger partial charge on any atom is 0.419 e. The molecule has 0 aliphatic carbocycles. The van der Waals surface area contributed by atoms with Gasteiger partial charge in [0.05, 0.1) is 22.9 Å². The van der Waals surface area contributed by atoms with E-state index in [1.807, 2.05) is 0 Å². The second-order valence-electron chi connectivity index (χ2n) is 6.48. The van der Waals surface area contributed by atoms with Crippen molar-refractivity contribution in [3.63, 3.8) is 0 Å². The quantitative estimate of drug-likeness (QED) is 0.468. The second kappa shape index (κ2) is 8.78. The number of nitrogens with zero attached hydrogens (tertiary/aromatic N) is 2. The van der Waals surface area contributed by atoms with E-state index in [0.29, 0.717) is 21.1 Å². The fourth-order valence-corrected chi connectivity index (χ4v) is 3.92. The van der Waals surface area contributed by atoms with Gasteiger partial charge in [0, 0.05) is 18.4 Å². The third-order valence-corrected chi connectivity index (χ3v) is 5.36. The molecule has 2 aromatic heterocycles. The Morgan fingerprint density at radius 3 is 2.33 bits per heavy atom. The lowest BCUT2D eigenvalue weighted by molar-refractivity contribution is -0.215. The average Bonchev–Trinajstić information content (AvgIpc) is 3.05. The maximum absolute atomic E-state index is 13.6. The standard InChI is InChI=1S/C19H19F5N4OS/c1-9-27-15-13(16(29-3)19(22,23)24)12(8-26-18(15)30-9)28-11-6-4-10(5-7-11)14(25-2)17(20)21/h4-8,14,16-17,25,28H,1-3H3. The summed E-state index contributed by atoms with van der Waals surface area (Å²) in [6.07, 6.45) is -8.19. The molecule has 2 N–H and O–H groups in total. The highest BCUT2D eigenvalue weighted by Crippen LogP contribution is 2.43. The average molecular weight is 446 g/mol. The first-order valence-corrected chi connectivity index (χ1v) is 9.65. The number of halogens is 5. The number of alkyl halides is 5. The van der Waals surface area contributed by atoms with Crippen molar-refractivity contribution in [2.75, 3.05) is 19.5 Å². The Morgan fingerprint density at radius 1 is 1.13 bits per heavy atom. The van der Waals surface area contributed by atoms with E-state index in [1.165, 1.54) is 48.8 Å². The predicted octanol–water partition coefficient (Wildman–Crippen LogP) is 5.52. The van der Waals surface area contributed by atoms with E-state index in [-0.39, 0.29) is 16.8 Å². The molecule has 11 heteroatoms. The molecule has 0 saturated carbocycles. The van der Waals surface area contributed by atoms with Crippen molar-refractivity contribution >= 4 is 33.1 Å². The minimum absolute atomic E-state index is 0.0729. The molecule has 3 aromatic rings. The Labute approximate surface area is 173 Å². The fourth-order valence-electron chi connectivity index (χ4n) is 3.15. The first kappa shape index (κ1) is 22.3. The second-order valence-corrected chi connectivity index (χ2v) is 7.66. The molecule has 162 valence electrons. The molecule has 2 heterocycles. The number of methoxy groups -OCH3 is 1. The number of nitrogens with one attached hydrogen (secondary N) is 2. The Balaban J connectivity index is 2.03. The van der Waals surface area contributed by atoms with Crippen LogP contribution in [0.2, 0.25) is 0 Å². The van der Waals surface area contributed by atoms with Gasteiger partial charge in [-0.15, -0.1) is 0 Å². The molecule has 1 aromatic carbocycles. The molecule has 0 spiro atoms. The number of ether oxygens (including phenoxy) is 1. The first-order chi connectivity index (χ1) is 14.2. The van der Waals surface area contributed by atoms with Gasteiger partial charge in [-0.3, -0.25) is 0 Å². The molecule has 0 amide bonds. The molecule has 3 rings (SSSR count). The molecule has 0 fully saturated rings. The van der Waals surface area contributed by atoms with Crippen LogP contribution in [-0.4, -0.2) is 36.7 Å². The Kier molecular flexibility index (Phi) is 6.53. The molecule has 0 radical (unpaired) electrons. The SMILES string of the molecule is CNC(c1ccc(Nc2cnc3sc(C)nc3c2C(OC)C(F)(F)F)cc1)C(F)F. The van der Waals surface area contributed by atoms with Gasteiger partial charge in [0.1, 0.15) is 10.3 Å². The van der Waals surface area contributed by atoms with Crippen LogP contribution < -0.4 is 10.6 Å². The van der Waals surface area contributed by atoms with E-state index < -0.39 is 24.7 Å². The van der Waals surface area contributed by atoms with Gasteiger partial charge >= 0.3 is 6.18 Å². The highest BCUT2D eigenvalue weighted by atomic mass is 32.1. The van der Waals surface area contributed by atoms with Crippen molar-refractivity contribution in [3.8, 4) is 0 Å². The van der Waals surface area contributed by atoms with Gasteiger partial charge in [-0.1, -0.05) is 23.5 Å². The summed E-state index contributed by atoms with van der Waals surface area (Å²) in [5, 5.41) is 5.99. The molecule has 2 atom stereocenters. The van der Waals surface area contributed by atoms with Crippen LogP contribution in [0.3, 0.4) is 0 Å². The molecular weight excluding hydrogens is 427 g/mol. The Morgan fingerprint density at radius 2 is 1.80 bits per heavy atom. The van der Waals surface area contributed by atoms with Gasteiger partial charge in [-0.05, 0) is 31.7 Å². The molecule has 0 aliphatic rings. The molecule has 0 aliphatic heterocycles. The molecule has 2 unspecified atom stereocenters. The fraction of sp³-hybridized carbons (Fsp3) is 0.368. The van der Waals surface area contributed by atoms with Crippen molar-refractivity contribution in [2.45, 2.75) is 31.7 Å². The minimum atomic E-state index is -4.67. The van der Waals surface area contributed by atoms with E-state index in [9.17, 15) is 22.0 Å². The summed E-state index contributed by atoms with van der Waals surface area (Å²) in [6, 6.07) is 4.83. The Hall–Kier alpha value is -2.37. The van der Waals surface area contributed by atoms with Crippen LogP contribution in [0.1, 0.15) is 28.3 Å². The number of hydrogen-bond donors (Lipinski definition) is 2. The zero-order valence-electron chi connectivity index (χ0n) is 16.2. The van der Waals surface area contributed by atoms with Crippen molar-refractivity contribution in [1.29, 1.82) is 0 Å². The van der Waals surface area contributed by atoms with Crippen LogP contribution >= 0.6 is 11.3 Å². The topological polar surface area (TPSA) is 59.1 Å². The van der Waals surface area contributed by atoms with Gasteiger partial charge < -0.3 is 15.4 Å². The maximum atomic E-state index is 13.6.